The third kappa shape index (κ3) is 2.95. The van der Waals surface area contributed by atoms with E-state index in [1.807, 2.05) is 0 Å². The van der Waals surface area contributed by atoms with Crippen LogP contribution in [0.4, 0.5) is 11.5 Å². The predicted molar refractivity (Wildman–Crippen MR) is 69.9 cm³/mol. The van der Waals surface area contributed by atoms with Gasteiger partial charge in [0.15, 0.2) is 5.82 Å². The average molecular weight is 260 g/mol. The van der Waals surface area contributed by atoms with Gasteiger partial charge in [0.05, 0.1) is 4.92 Å². The Balaban J connectivity index is 2.08. The van der Waals surface area contributed by atoms with E-state index in [4.69, 9.17) is 0 Å². The fourth-order valence-electron chi connectivity index (χ4n) is 1.54. The molecule has 1 aromatic carbocycles. The molecule has 0 spiro atoms. The molecule has 7 heteroatoms. The van der Waals surface area contributed by atoms with Gasteiger partial charge in [0.2, 0.25) is 0 Å². The van der Waals surface area contributed by atoms with E-state index in [-0.39, 0.29) is 17.1 Å². The normalized spacial score (nSPS) is 10.2. The van der Waals surface area contributed by atoms with Gasteiger partial charge in [-0.3, -0.25) is 14.9 Å². The van der Waals surface area contributed by atoms with Crippen molar-refractivity contribution in [3.05, 3.63) is 62.7 Å². The van der Waals surface area contributed by atoms with Crippen molar-refractivity contribution in [1.29, 1.82) is 0 Å². The summed E-state index contributed by atoms with van der Waals surface area (Å²) in [4.78, 5) is 25.7. The number of nitro benzene ring substituents is 1. The second kappa shape index (κ2) is 5.30. The van der Waals surface area contributed by atoms with E-state index in [1.54, 1.807) is 25.4 Å². The number of rotatable bonds is 4. The highest BCUT2D eigenvalue weighted by molar-refractivity contribution is 5.36. The van der Waals surface area contributed by atoms with Crippen molar-refractivity contribution in [3.8, 4) is 0 Å². The molecule has 0 saturated heterocycles. The number of nitrogens with zero attached hydrogens (tertiary/aromatic N) is 3. The molecule has 0 saturated carbocycles. The number of benzene rings is 1. The van der Waals surface area contributed by atoms with Crippen LogP contribution in [0.1, 0.15) is 5.56 Å². The maximum absolute atomic E-state index is 11.7. The molecular formula is C12H12N4O3. The van der Waals surface area contributed by atoms with Gasteiger partial charge in [-0.25, -0.2) is 4.98 Å². The Morgan fingerprint density at radius 3 is 2.68 bits per heavy atom. The van der Waals surface area contributed by atoms with E-state index in [9.17, 15) is 14.9 Å². The first kappa shape index (κ1) is 12.7. The van der Waals surface area contributed by atoms with Gasteiger partial charge in [0.25, 0.3) is 11.2 Å². The van der Waals surface area contributed by atoms with Crippen LogP contribution in [0.3, 0.4) is 0 Å². The standard InChI is InChI=1S/C12H12N4O3/c1-15-7-6-13-11(12(15)17)14-8-9-2-4-10(5-3-9)16(18)19/h2-7H,8H2,1H3,(H,13,14). The zero-order chi connectivity index (χ0) is 13.8. The highest BCUT2D eigenvalue weighted by atomic mass is 16.6. The molecule has 0 aliphatic heterocycles. The first-order chi connectivity index (χ1) is 9.08. The second-order valence-electron chi connectivity index (χ2n) is 3.97. The van der Waals surface area contributed by atoms with Crippen LogP contribution in [0.15, 0.2) is 41.5 Å². The zero-order valence-electron chi connectivity index (χ0n) is 10.2. The van der Waals surface area contributed by atoms with Crippen LogP contribution in [0, 0.1) is 10.1 Å². The Morgan fingerprint density at radius 1 is 1.37 bits per heavy atom. The lowest BCUT2D eigenvalue weighted by Crippen LogP contribution is -2.21. The van der Waals surface area contributed by atoms with Crippen molar-refractivity contribution in [3.63, 3.8) is 0 Å². The topological polar surface area (TPSA) is 90.1 Å². The minimum Gasteiger partial charge on any atom is -0.361 e. The molecule has 2 aromatic rings. The Morgan fingerprint density at radius 2 is 2.05 bits per heavy atom. The number of aromatic nitrogens is 2. The molecule has 98 valence electrons. The summed E-state index contributed by atoms with van der Waals surface area (Å²) in [6.07, 6.45) is 3.10. The summed E-state index contributed by atoms with van der Waals surface area (Å²) in [5.41, 5.74) is 0.653. The highest BCUT2D eigenvalue weighted by Crippen LogP contribution is 2.12. The maximum Gasteiger partial charge on any atom is 0.293 e. The number of anilines is 1. The molecule has 1 heterocycles. The van der Waals surface area contributed by atoms with Gasteiger partial charge in [-0.15, -0.1) is 0 Å². The number of non-ortho nitro benzene ring substituents is 1. The van der Waals surface area contributed by atoms with E-state index < -0.39 is 4.92 Å². The average Bonchev–Trinajstić information content (AvgIpc) is 2.41. The molecule has 1 aromatic heterocycles. The van der Waals surface area contributed by atoms with Crippen LogP contribution in [0.5, 0.6) is 0 Å². The van der Waals surface area contributed by atoms with Gasteiger partial charge >= 0.3 is 0 Å². The minimum atomic E-state index is -0.453. The largest absolute Gasteiger partial charge is 0.361 e. The van der Waals surface area contributed by atoms with Crippen LogP contribution in [-0.4, -0.2) is 14.5 Å². The maximum atomic E-state index is 11.7. The number of hydrogen-bond donors (Lipinski definition) is 1. The SMILES string of the molecule is Cn1ccnc(NCc2ccc([N+](=O)[O-])cc2)c1=O. The second-order valence-corrected chi connectivity index (χ2v) is 3.97. The first-order valence-electron chi connectivity index (χ1n) is 5.57. The van der Waals surface area contributed by atoms with Gasteiger partial charge in [0.1, 0.15) is 0 Å². The Bertz CT molecular complexity index is 649. The van der Waals surface area contributed by atoms with Crippen molar-refractivity contribution >= 4 is 11.5 Å². The highest BCUT2D eigenvalue weighted by Gasteiger charge is 2.05. The molecule has 0 unspecified atom stereocenters. The summed E-state index contributed by atoms with van der Waals surface area (Å²) < 4.78 is 1.42. The lowest BCUT2D eigenvalue weighted by molar-refractivity contribution is -0.384. The number of nitrogens with one attached hydrogen (secondary N) is 1. The van der Waals surface area contributed by atoms with Crippen LogP contribution < -0.4 is 10.9 Å². The molecule has 19 heavy (non-hydrogen) atoms. The number of hydrogen-bond acceptors (Lipinski definition) is 5. The van der Waals surface area contributed by atoms with Crippen LogP contribution >= 0.6 is 0 Å². The monoisotopic (exact) mass is 260 g/mol. The van der Waals surface area contributed by atoms with Crippen molar-refractivity contribution in [1.82, 2.24) is 9.55 Å². The molecule has 1 N–H and O–H groups in total. The van der Waals surface area contributed by atoms with E-state index in [0.29, 0.717) is 6.54 Å². The molecule has 0 aliphatic rings. The smallest absolute Gasteiger partial charge is 0.293 e. The van der Waals surface area contributed by atoms with Gasteiger partial charge in [-0.2, -0.15) is 0 Å². The minimum absolute atomic E-state index is 0.0394. The summed E-state index contributed by atoms with van der Waals surface area (Å²) in [6, 6.07) is 6.12. The quantitative estimate of drug-likeness (QED) is 0.661. The van der Waals surface area contributed by atoms with Crippen molar-refractivity contribution in [2.24, 2.45) is 7.05 Å². The molecular weight excluding hydrogens is 248 g/mol. The number of aryl methyl sites for hydroxylation is 1. The van der Waals surface area contributed by atoms with Crippen molar-refractivity contribution in [2.75, 3.05) is 5.32 Å². The third-order valence-electron chi connectivity index (χ3n) is 2.62. The molecule has 0 fully saturated rings. The van der Waals surface area contributed by atoms with E-state index in [0.717, 1.165) is 5.56 Å². The summed E-state index contributed by atoms with van der Waals surface area (Å²) in [7, 11) is 1.64. The summed E-state index contributed by atoms with van der Waals surface area (Å²) >= 11 is 0. The Labute approximate surface area is 108 Å². The number of nitro groups is 1. The van der Waals surface area contributed by atoms with Crippen LogP contribution in [0.25, 0.3) is 0 Å². The van der Waals surface area contributed by atoms with Gasteiger partial charge in [-0.05, 0) is 5.56 Å². The molecule has 0 atom stereocenters. The van der Waals surface area contributed by atoms with E-state index in [1.165, 1.54) is 22.9 Å². The van der Waals surface area contributed by atoms with Gasteiger partial charge in [0, 0.05) is 38.1 Å². The van der Waals surface area contributed by atoms with Crippen molar-refractivity contribution in [2.45, 2.75) is 6.54 Å². The molecule has 0 radical (unpaired) electrons. The van der Waals surface area contributed by atoms with Crippen molar-refractivity contribution < 1.29 is 4.92 Å². The summed E-state index contributed by atoms with van der Waals surface area (Å²) in [6.45, 7) is 0.379. The van der Waals surface area contributed by atoms with Gasteiger partial charge < -0.3 is 9.88 Å². The lowest BCUT2D eigenvalue weighted by atomic mass is 10.2. The van der Waals surface area contributed by atoms with Crippen LogP contribution in [-0.2, 0) is 13.6 Å². The Hall–Kier alpha value is -2.70. The molecule has 0 bridgehead atoms. The van der Waals surface area contributed by atoms with E-state index >= 15 is 0 Å². The zero-order valence-corrected chi connectivity index (χ0v) is 10.2. The lowest BCUT2D eigenvalue weighted by Gasteiger charge is -2.05. The van der Waals surface area contributed by atoms with Crippen LogP contribution in [0.2, 0.25) is 0 Å². The fourth-order valence-corrected chi connectivity index (χ4v) is 1.54. The predicted octanol–water partition coefficient (Wildman–Crippen LogP) is 1.30. The Kier molecular flexibility index (Phi) is 3.56. The van der Waals surface area contributed by atoms with Gasteiger partial charge in [-0.1, -0.05) is 12.1 Å². The molecule has 2 rings (SSSR count). The molecule has 7 nitrogen and oxygen atoms in total. The molecule has 0 aliphatic carbocycles. The summed E-state index contributed by atoms with van der Waals surface area (Å²) in [5, 5.41) is 13.4. The van der Waals surface area contributed by atoms with E-state index in [2.05, 4.69) is 10.3 Å². The molecule has 0 amide bonds. The fraction of sp³-hybridized carbons (Fsp3) is 0.167. The third-order valence-corrected chi connectivity index (χ3v) is 2.62. The first-order valence-corrected chi connectivity index (χ1v) is 5.57. The summed E-state index contributed by atoms with van der Waals surface area (Å²) in [5.74, 6) is 0.253.